The van der Waals surface area contributed by atoms with E-state index in [1.54, 1.807) is 18.3 Å². The summed E-state index contributed by atoms with van der Waals surface area (Å²) in [7, 11) is 0. The van der Waals surface area contributed by atoms with Crippen LogP contribution in [0.4, 0.5) is 16.3 Å². The Morgan fingerprint density at radius 2 is 1.82 bits per heavy atom. The summed E-state index contributed by atoms with van der Waals surface area (Å²) in [6.07, 6.45) is 7.56. The first-order valence-electron chi connectivity index (χ1n) is 11.6. The topological polar surface area (TPSA) is 96.2 Å². The molecule has 34 heavy (non-hydrogen) atoms. The van der Waals surface area contributed by atoms with E-state index >= 15 is 0 Å². The molecule has 0 aliphatic carbocycles. The zero-order valence-electron chi connectivity index (χ0n) is 18.9. The van der Waals surface area contributed by atoms with Crippen molar-refractivity contribution in [2.24, 2.45) is 5.73 Å². The van der Waals surface area contributed by atoms with Crippen LogP contribution in [-0.4, -0.2) is 40.0 Å². The first kappa shape index (κ1) is 22.0. The van der Waals surface area contributed by atoms with Gasteiger partial charge in [0.15, 0.2) is 0 Å². The van der Waals surface area contributed by atoms with Crippen molar-refractivity contribution in [3.63, 3.8) is 0 Å². The molecule has 0 unspecified atom stereocenters. The molecular formula is C27H28N6O. The van der Waals surface area contributed by atoms with E-state index in [0.717, 1.165) is 49.0 Å². The Hall–Kier alpha value is -3.81. The Morgan fingerprint density at radius 1 is 1.00 bits per heavy atom. The van der Waals surface area contributed by atoms with Gasteiger partial charge in [-0.2, -0.15) is 0 Å². The fraction of sp³-hybridized carbons (Fsp3) is 0.222. The summed E-state index contributed by atoms with van der Waals surface area (Å²) in [6.45, 7) is 3.02. The number of anilines is 2. The molecule has 0 spiro atoms. The summed E-state index contributed by atoms with van der Waals surface area (Å²) in [5, 5.41) is 7.85. The maximum absolute atomic E-state index is 12.2. The van der Waals surface area contributed by atoms with Gasteiger partial charge in [0.05, 0.1) is 0 Å². The predicted octanol–water partition coefficient (Wildman–Crippen LogP) is 4.86. The largest absolute Gasteiger partial charge is 0.328 e. The third-order valence-corrected chi connectivity index (χ3v) is 6.22. The van der Waals surface area contributed by atoms with E-state index in [-0.39, 0.29) is 6.03 Å². The molecule has 0 saturated carbocycles. The molecule has 5 rings (SSSR count). The smallest absolute Gasteiger partial charge is 0.324 e. The van der Waals surface area contributed by atoms with Crippen molar-refractivity contribution < 1.29 is 4.79 Å². The summed E-state index contributed by atoms with van der Waals surface area (Å²) < 4.78 is 0. The summed E-state index contributed by atoms with van der Waals surface area (Å²) >= 11 is 0. The number of pyridine rings is 2. The van der Waals surface area contributed by atoms with Crippen LogP contribution in [0.3, 0.4) is 0 Å². The number of hydrogen-bond acceptors (Lipinski definition) is 5. The predicted molar refractivity (Wildman–Crippen MR) is 137 cm³/mol. The van der Waals surface area contributed by atoms with Crippen molar-refractivity contribution in [3.8, 4) is 11.1 Å². The average molecular weight is 453 g/mol. The van der Waals surface area contributed by atoms with Gasteiger partial charge in [-0.25, -0.2) is 9.78 Å². The summed E-state index contributed by atoms with van der Waals surface area (Å²) in [4.78, 5) is 23.3. The van der Waals surface area contributed by atoms with E-state index in [1.165, 1.54) is 10.9 Å². The first-order valence-corrected chi connectivity index (χ1v) is 11.6. The molecule has 7 nitrogen and oxygen atoms in total. The molecule has 4 N–H and O–H groups in total. The molecule has 2 amide bonds. The van der Waals surface area contributed by atoms with Crippen LogP contribution in [0.25, 0.3) is 21.9 Å². The van der Waals surface area contributed by atoms with Crippen molar-refractivity contribution in [1.29, 1.82) is 0 Å². The molecule has 0 radical (unpaired) electrons. The number of benzene rings is 2. The van der Waals surface area contributed by atoms with E-state index in [0.29, 0.717) is 17.5 Å². The fourth-order valence-corrected chi connectivity index (χ4v) is 4.36. The summed E-state index contributed by atoms with van der Waals surface area (Å²) in [5.74, 6) is 0.502. The van der Waals surface area contributed by atoms with Crippen molar-refractivity contribution >= 4 is 28.3 Å². The van der Waals surface area contributed by atoms with Gasteiger partial charge in [-0.05, 0) is 72.8 Å². The molecule has 1 fully saturated rings. The Bertz CT molecular complexity index is 1270. The van der Waals surface area contributed by atoms with E-state index in [2.05, 4.69) is 43.7 Å². The second-order valence-electron chi connectivity index (χ2n) is 8.73. The number of urea groups is 1. The zero-order chi connectivity index (χ0) is 23.3. The number of aromatic nitrogens is 2. The Balaban J connectivity index is 1.32. The number of nitrogens with two attached hydrogens (primary N) is 1. The van der Waals surface area contributed by atoms with Crippen LogP contribution in [0.2, 0.25) is 0 Å². The molecule has 1 saturated heterocycles. The van der Waals surface area contributed by atoms with Crippen LogP contribution in [0, 0.1) is 0 Å². The highest BCUT2D eigenvalue weighted by molar-refractivity contribution is 6.00. The molecule has 0 atom stereocenters. The monoisotopic (exact) mass is 452 g/mol. The molecule has 2 aromatic heterocycles. The minimum Gasteiger partial charge on any atom is -0.328 e. The standard InChI is InChI=1S/C27H28N6O/c28-22-10-13-33(14-11-22)18-19-4-5-21-16-29-17-25(24(21)15-19)20-6-8-23(9-7-20)31-27(34)32-26-3-1-2-12-30-26/h1-9,12,15-17,22H,10-11,13-14,18,28H2,(H2,30,31,32,34). The maximum atomic E-state index is 12.2. The van der Waals surface area contributed by atoms with E-state index in [1.807, 2.05) is 42.7 Å². The summed E-state index contributed by atoms with van der Waals surface area (Å²) in [6, 6.07) is 19.8. The van der Waals surface area contributed by atoms with E-state index in [4.69, 9.17) is 5.73 Å². The minimum atomic E-state index is -0.332. The van der Waals surface area contributed by atoms with Crippen molar-refractivity contribution in [1.82, 2.24) is 14.9 Å². The molecule has 2 aromatic carbocycles. The number of nitrogens with zero attached hydrogens (tertiary/aromatic N) is 3. The molecule has 1 aliphatic rings. The van der Waals surface area contributed by atoms with Gasteiger partial charge in [-0.15, -0.1) is 0 Å². The van der Waals surface area contributed by atoms with Crippen LogP contribution in [0.15, 0.2) is 79.3 Å². The Morgan fingerprint density at radius 3 is 2.59 bits per heavy atom. The van der Waals surface area contributed by atoms with Gasteiger partial charge in [0.25, 0.3) is 0 Å². The third-order valence-electron chi connectivity index (χ3n) is 6.22. The highest BCUT2D eigenvalue weighted by Gasteiger charge is 2.16. The maximum Gasteiger partial charge on any atom is 0.324 e. The lowest BCUT2D eigenvalue weighted by atomic mass is 9.98. The number of piperidine rings is 1. The molecule has 1 aliphatic heterocycles. The minimum absolute atomic E-state index is 0.332. The zero-order valence-corrected chi connectivity index (χ0v) is 18.9. The molecule has 4 aromatic rings. The number of amides is 2. The fourth-order valence-electron chi connectivity index (χ4n) is 4.36. The number of carbonyl (C=O) groups excluding carboxylic acids is 1. The second-order valence-corrected chi connectivity index (χ2v) is 8.73. The van der Waals surface area contributed by atoms with Gasteiger partial charge in [0.2, 0.25) is 0 Å². The van der Waals surface area contributed by atoms with Gasteiger partial charge in [-0.1, -0.05) is 30.3 Å². The van der Waals surface area contributed by atoms with E-state index in [9.17, 15) is 4.79 Å². The molecular weight excluding hydrogens is 424 g/mol. The quantitative estimate of drug-likeness (QED) is 0.402. The van der Waals surface area contributed by atoms with Gasteiger partial charge in [0.1, 0.15) is 5.82 Å². The van der Waals surface area contributed by atoms with Gasteiger partial charge in [0, 0.05) is 47.8 Å². The molecule has 172 valence electrons. The first-order chi connectivity index (χ1) is 16.6. The number of carbonyl (C=O) groups is 1. The molecule has 7 heteroatoms. The number of hydrogen-bond donors (Lipinski definition) is 3. The SMILES string of the molecule is NC1CCN(Cc2ccc3cncc(-c4ccc(NC(=O)Nc5ccccn5)cc4)c3c2)CC1. The lowest BCUT2D eigenvalue weighted by Crippen LogP contribution is -2.39. The number of fused-ring (bicyclic) bond motifs is 1. The highest BCUT2D eigenvalue weighted by atomic mass is 16.2. The number of likely N-dealkylation sites (tertiary alicyclic amines) is 1. The number of nitrogens with one attached hydrogen (secondary N) is 2. The van der Waals surface area contributed by atoms with Crippen molar-refractivity contribution in [2.45, 2.75) is 25.4 Å². The van der Waals surface area contributed by atoms with Crippen LogP contribution in [0.1, 0.15) is 18.4 Å². The van der Waals surface area contributed by atoms with Crippen molar-refractivity contribution in [3.05, 3.63) is 84.8 Å². The van der Waals surface area contributed by atoms with Crippen molar-refractivity contribution in [2.75, 3.05) is 23.7 Å². The van der Waals surface area contributed by atoms with Crippen LogP contribution in [-0.2, 0) is 6.54 Å². The van der Waals surface area contributed by atoms with Crippen LogP contribution >= 0.6 is 0 Å². The van der Waals surface area contributed by atoms with Crippen LogP contribution in [0.5, 0.6) is 0 Å². The van der Waals surface area contributed by atoms with Crippen LogP contribution < -0.4 is 16.4 Å². The lowest BCUT2D eigenvalue weighted by molar-refractivity contribution is 0.206. The normalized spacial score (nSPS) is 14.7. The lowest BCUT2D eigenvalue weighted by Gasteiger charge is -2.30. The van der Waals surface area contributed by atoms with Gasteiger partial charge >= 0.3 is 6.03 Å². The summed E-state index contributed by atoms with van der Waals surface area (Å²) in [5.41, 5.74) is 10.2. The second kappa shape index (κ2) is 9.99. The highest BCUT2D eigenvalue weighted by Crippen LogP contribution is 2.30. The molecule has 3 heterocycles. The number of rotatable bonds is 5. The Kier molecular flexibility index (Phi) is 6.46. The molecule has 0 bridgehead atoms. The average Bonchev–Trinajstić information content (AvgIpc) is 2.86. The van der Waals surface area contributed by atoms with Gasteiger partial charge in [-0.3, -0.25) is 15.2 Å². The van der Waals surface area contributed by atoms with E-state index < -0.39 is 0 Å². The third kappa shape index (κ3) is 5.22. The Labute approximate surface area is 199 Å². The van der Waals surface area contributed by atoms with Gasteiger partial charge < -0.3 is 11.1 Å².